The molecule has 126 valence electrons. The van der Waals surface area contributed by atoms with E-state index in [4.69, 9.17) is 4.74 Å². The van der Waals surface area contributed by atoms with Crippen LogP contribution in [0.4, 0.5) is 0 Å². The van der Waals surface area contributed by atoms with Crippen molar-refractivity contribution in [1.29, 1.82) is 0 Å². The first-order valence-corrected chi connectivity index (χ1v) is 7.86. The maximum absolute atomic E-state index is 12.0. The van der Waals surface area contributed by atoms with Gasteiger partial charge in [0.15, 0.2) is 0 Å². The summed E-state index contributed by atoms with van der Waals surface area (Å²) >= 11 is 0. The Labute approximate surface area is 145 Å². The molecule has 0 radical (unpaired) electrons. The van der Waals surface area contributed by atoms with Crippen molar-refractivity contribution in [2.45, 2.75) is 6.54 Å². The molecule has 0 aliphatic rings. The first kappa shape index (κ1) is 16.5. The first-order chi connectivity index (χ1) is 12.2. The van der Waals surface area contributed by atoms with Crippen LogP contribution in [0.25, 0.3) is 11.1 Å². The van der Waals surface area contributed by atoms with E-state index in [1.165, 1.54) is 6.07 Å². The minimum absolute atomic E-state index is 0.250. The van der Waals surface area contributed by atoms with Crippen LogP contribution in [0.3, 0.4) is 0 Å². The molecule has 0 saturated heterocycles. The number of nitrogens with one attached hydrogen (secondary N) is 2. The predicted molar refractivity (Wildman–Crippen MR) is 96.7 cm³/mol. The van der Waals surface area contributed by atoms with Crippen molar-refractivity contribution in [3.05, 3.63) is 88.3 Å². The van der Waals surface area contributed by atoms with Crippen LogP contribution < -0.4 is 15.6 Å². The highest BCUT2D eigenvalue weighted by molar-refractivity contribution is 5.92. The van der Waals surface area contributed by atoms with E-state index in [-0.39, 0.29) is 17.2 Å². The van der Waals surface area contributed by atoms with Crippen molar-refractivity contribution in [3.63, 3.8) is 0 Å². The Hall–Kier alpha value is -3.34. The molecule has 1 heterocycles. The summed E-state index contributed by atoms with van der Waals surface area (Å²) < 4.78 is 5.24. The molecule has 1 aromatic heterocycles. The Bertz CT molecular complexity index is 930. The number of pyridine rings is 1. The summed E-state index contributed by atoms with van der Waals surface area (Å²) in [6, 6.07) is 20.3. The second-order valence-electron chi connectivity index (χ2n) is 5.54. The highest BCUT2D eigenvalue weighted by Gasteiger charge is 2.06. The fourth-order valence-corrected chi connectivity index (χ4v) is 2.48. The van der Waals surface area contributed by atoms with Gasteiger partial charge in [0.1, 0.15) is 11.4 Å². The van der Waals surface area contributed by atoms with E-state index in [9.17, 15) is 9.59 Å². The third-order valence-corrected chi connectivity index (χ3v) is 3.82. The molecule has 0 spiro atoms. The molecule has 2 N–H and O–H groups in total. The topological polar surface area (TPSA) is 71.2 Å². The first-order valence-electron chi connectivity index (χ1n) is 7.86. The average Bonchev–Trinajstić information content (AvgIpc) is 2.66. The molecular weight excluding hydrogens is 316 g/mol. The van der Waals surface area contributed by atoms with Gasteiger partial charge in [0.25, 0.3) is 5.91 Å². The van der Waals surface area contributed by atoms with Gasteiger partial charge in [0.05, 0.1) is 7.11 Å². The number of hydrogen-bond donors (Lipinski definition) is 2. The number of hydrogen-bond acceptors (Lipinski definition) is 3. The summed E-state index contributed by atoms with van der Waals surface area (Å²) in [7, 11) is 1.64. The third kappa shape index (κ3) is 4.14. The molecule has 0 bridgehead atoms. The molecular formula is C20H18N2O3. The molecule has 5 heteroatoms. The Morgan fingerprint density at radius 1 is 1.00 bits per heavy atom. The SMILES string of the molecule is COc1cccc(-c2ccc(CNC(=O)c3cccc(=O)[nH]3)cc2)c1. The van der Waals surface area contributed by atoms with E-state index >= 15 is 0 Å². The summed E-state index contributed by atoms with van der Waals surface area (Å²) in [4.78, 5) is 25.8. The molecule has 0 unspecified atom stereocenters. The lowest BCUT2D eigenvalue weighted by atomic mass is 10.0. The average molecular weight is 334 g/mol. The predicted octanol–water partition coefficient (Wildman–Crippen LogP) is 2.98. The molecule has 0 aliphatic carbocycles. The summed E-state index contributed by atoms with van der Waals surface area (Å²) in [6.45, 7) is 0.383. The molecule has 5 nitrogen and oxygen atoms in total. The van der Waals surface area contributed by atoms with Crippen LogP contribution in [-0.2, 0) is 6.54 Å². The number of aromatic nitrogens is 1. The Morgan fingerprint density at radius 3 is 2.48 bits per heavy atom. The molecule has 0 atom stereocenters. The van der Waals surface area contributed by atoms with E-state index < -0.39 is 0 Å². The fourth-order valence-electron chi connectivity index (χ4n) is 2.48. The van der Waals surface area contributed by atoms with Gasteiger partial charge in [-0.15, -0.1) is 0 Å². The van der Waals surface area contributed by atoms with Gasteiger partial charge in [0.2, 0.25) is 5.56 Å². The van der Waals surface area contributed by atoms with Crippen LogP contribution in [0.5, 0.6) is 5.75 Å². The summed E-state index contributed by atoms with van der Waals surface area (Å²) in [5, 5.41) is 2.79. The van der Waals surface area contributed by atoms with Crippen molar-refractivity contribution in [2.75, 3.05) is 7.11 Å². The van der Waals surface area contributed by atoms with Crippen LogP contribution in [0, 0.1) is 0 Å². The molecule has 2 aromatic carbocycles. The van der Waals surface area contributed by atoms with Crippen LogP contribution >= 0.6 is 0 Å². The highest BCUT2D eigenvalue weighted by Crippen LogP contribution is 2.24. The largest absolute Gasteiger partial charge is 0.497 e. The number of aromatic amines is 1. The number of amides is 1. The smallest absolute Gasteiger partial charge is 0.268 e. The van der Waals surface area contributed by atoms with Crippen molar-refractivity contribution < 1.29 is 9.53 Å². The van der Waals surface area contributed by atoms with Crippen molar-refractivity contribution in [2.24, 2.45) is 0 Å². The molecule has 1 amide bonds. The number of ether oxygens (including phenoxy) is 1. The quantitative estimate of drug-likeness (QED) is 0.753. The maximum Gasteiger partial charge on any atom is 0.268 e. The number of rotatable bonds is 5. The number of H-pyrrole nitrogens is 1. The minimum atomic E-state index is -0.311. The van der Waals surface area contributed by atoms with E-state index in [2.05, 4.69) is 10.3 Å². The standard InChI is InChI=1S/C20H18N2O3/c1-25-17-5-2-4-16(12-17)15-10-8-14(9-11-15)13-21-20(24)18-6-3-7-19(23)22-18/h2-12H,13H2,1H3,(H,21,24)(H,22,23). The van der Waals surface area contributed by atoms with Gasteiger partial charge in [-0.1, -0.05) is 42.5 Å². The Kier molecular flexibility index (Phi) is 4.95. The summed E-state index contributed by atoms with van der Waals surface area (Å²) in [5.41, 5.74) is 3.06. The fraction of sp³-hybridized carbons (Fsp3) is 0.100. The van der Waals surface area contributed by atoms with Crippen LogP contribution in [-0.4, -0.2) is 18.0 Å². The van der Waals surface area contributed by atoms with Crippen LogP contribution in [0.15, 0.2) is 71.5 Å². The van der Waals surface area contributed by atoms with Gasteiger partial charge < -0.3 is 15.0 Å². The molecule has 0 aliphatic heterocycles. The Balaban J connectivity index is 1.66. The van der Waals surface area contributed by atoms with Gasteiger partial charge in [-0.3, -0.25) is 9.59 Å². The lowest BCUT2D eigenvalue weighted by molar-refractivity contribution is 0.0945. The molecule has 3 aromatic rings. The van der Waals surface area contributed by atoms with Crippen LogP contribution in [0.1, 0.15) is 16.1 Å². The van der Waals surface area contributed by atoms with Gasteiger partial charge in [-0.25, -0.2) is 0 Å². The molecule has 0 saturated carbocycles. The normalized spacial score (nSPS) is 10.3. The van der Waals surface area contributed by atoms with Gasteiger partial charge >= 0.3 is 0 Å². The number of benzene rings is 2. The molecule has 0 fully saturated rings. The summed E-state index contributed by atoms with van der Waals surface area (Å²) in [5.74, 6) is 0.500. The maximum atomic E-state index is 12.0. The number of methoxy groups -OCH3 is 1. The van der Waals surface area contributed by atoms with Crippen molar-refractivity contribution in [3.8, 4) is 16.9 Å². The second-order valence-corrected chi connectivity index (χ2v) is 5.54. The second kappa shape index (κ2) is 7.49. The number of carbonyl (C=O) groups is 1. The monoisotopic (exact) mass is 334 g/mol. The third-order valence-electron chi connectivity index (χ3n) is 3.82. The number of carbonyl (C=O) groups excluding carboxylic acids is 1. The van der Waals surface area contributed by atoms with Crippen molar-refractivity contribution in [1.82, 2.24) is 10.3 Å². The van der Waals surface area contributed by atoms with E-state index in [1.807, 2.05) is 48.5 Å². The lowest BCUT2D eigenvalue weighted by Crippen LogP contribution is -2.25. The lowest BCUT2D eigenvalue weighted by Gasteiger charge is -2.08. The van der Waals surface area contributed by atoms with E-state index in [0.717, 1.165) is 22.4 Å². The zero-order valence-corrected chi connectivity index (χ0v) is 13.8. The zero-order valence-electron chi connectivity index (χ0n) is 13.8. The molecule has 25 heavy (non-hydrogen) atoms. The van der Waals surface area contributed by atoms with Gasteiger partial charge in [0, 0.05) is 12.6 Å². The zero-order chi connectivity index (χ0) is 17.6. The summed E-state index contributed by atoms with van der Waals surface area (Å²) in [6.07, 6.45) is 0. The highest BCUT2D eigenvalue weighted by atomic mass is 16.5. The Morgan fingerprint density at radius 2 is 1.76 bits per heavy atom. The van der Waals surface area contributed by atoms with Crippen molar-refractivity contribution >= 4 is 5.91 Å². The van der Waals surface area contributed by atoms with Gasteiger partial charge in [-0.05, 0) is 34.9 Å². The van der Waals surface area contributed by atoms with Crippen LogP contribution in [0.2, 0.25) is 0 Å². The molecule has 3 rings (SSSR count). The van der Waals surface area contributed by atoms with E-state index in [1.54, 1.807) is 19.2 Å². The van der Waals surface area contributed by atoms with E-state index in [0.29, 0.717) is 6.54 Å². The minimum Gasteiger partial charge on any atom is -0.497 e. The van der Waals surface area contributed by atoms with Gasteiger partial charge in [-0.2, -0.15) is 0 Å².